The van der Waals surface area contributed by atoms with Crippen molar-refractivity contribution in [1.82, 2.24) is 0 Å². The molecule has 0 aromatic rings. The van der Waals surface area contributed by atoms with Gasteiger partial charge >= 0.3 is 155 Å². The molecule has 3 aliphatic carbocycles. The second-order valence-corrected chi connectivity index (χ2v) is 13.1. The Bertz CT molecular complexity index is 883. The van der Waals surface area contributed by atoms with E-state index in [1.165, 1.54) is 32.6 Å². The molecule has 24 nitrogen and oxygen atoms in total. The minimum atomic E-state index is -1.82. The van der Waals surface area contributed by atoms with Crippen molar-refractivity contribution in [3.63, 3.8) is 0 Å². The van der Waals surface area contributed by atoms with Crippen molar-refractivity contribution in [3.8, 4) is 0 Å². The molecular formula is C25H56Cl2N10O14Pt5. The summed E-state index contributed by atoms with van der Waals surface area (Å²) in [6.45, 7) is 1.51. The van der Waals surface area contributed by atoms with Gasteiger partial charge in [-0.15, -0.1) is 13.1 Å². The number of carboxylic acid groups (broad SMARTS) is 6. The standard InChI is InChI=1S/2C6H12N2.C6H8O4.C3H6O3.C2H2O4.C2H4O3.2ClH.6H2N.5Pt/c7-3-5-1-2-6(5)4-8;7-5-3-1-2-4-6(5)8;7-4(8)6(5(9)10)2-1-3-6;1-2(4)3(5)6;3-1(4)2(5)6;3-1-2(4)5;;;;;;;;;;;;;/h2*5-8H,1-4H2;1-3H2,(H,7,8)(H,9,10);2,4H,1H3,(H,5,6);(H,3,4)(H,5,6);3H,1H2,(H,4,5);2*1H;6*1H2;;;;;/q2*-2;;;;;;;6*-1;4*+2;+4/p-2/t;5-,6-;;;;;;;;;;;;;;;;;/m.1................./s1. The van der Waals surface area contributed by atoms with Crippen LogP contribution >= 0.6 is 18.8 Å². The van der Waals surface area contributed by atoms with E-state index in [1.807, 2.05) is 0 Å². The van der Waals surface area contributed by atoms with Crippen LogP contribution in [-0.2, 0) is 130 Å². The minimum Gasteiger partial charge on any atom is -0.693 e. The zero-order valence-corrected chi connectivity index (χ0v) is 42.6. The quantitative estimate of drug-likeness (QED) is 0.0918. The number of hydrogen-bond donors (Lipinski definition) is 8. The molecule has 0 radical (unpaired) electrons. The Morgan fingerprint density at radius 1 is 0.643 bits per heavy atom. The van der Waals surface area contributed by atoms with E-state index in [2.05, 4.69) is 0 Å². The predicted molar refractivity (Wildman–Crippen MR) is 194 cm³/mol. The molecule has 0 aliphatic heterocycles. The molecular weight excluding hydrogens is 1710 g/mol. The average Bonchev–Trinajstić information content (AvgIpc) is 2.91. The van der Waals surface area contributed by atoms with Gasteiger partial charge < -0.3 is 101 Å². The molecule has 0 saturated heterocycles. The molecule has 3 unspecified atom stereocenters. The summed E-state index contributed by atoms with van der Waals surface area (Å²) < 4.78 is 0. The Balaban J connectivity index is -0.0000000303. The van der Waals surface area contributed by atoms with Crippen LogP contribution in [0.4, 0.5) is 0 Å². The van der Waals surface area contributed by atoms with Crippen molar-refractivity contribution < 1.29 is 170 Å². The third-order valence-electron chi connectivity index (χ3n) is 6.57. The zero-order valence-electron chi connectivity index (χ0n) is 29.7. The van der Waals surface area contributed by atoms with Gasteiger partial charge in [-0.2, -0.15) is 12.1 Å². The minimum absolute atomic E-state index is 0. The van der Waals surface area contributed by atoms with Gasteiger partial charge in [-0.25, -0.2) is 19.2 Å². The van der Waals surface area contributed by atoms with E-state index in [9.17, 15) is 14.4 Å². The van der Waals surface area contributed by atoms with Crippen LogP contribution in [0.5, 0.6) is 0 Å². The number of nitrogens with one attached hydrogen (secondary N) is 4. The van der Waals surface area contributed by atoms with Crippen LogP contribution in [0.15, 0.2) is 0 Å². The normalized spacial score (nSPS) is 18.0. The summed E-state index contributed by atoms with van der Waals surface area (Å²) in [6.07, 6.45) is 6.67. The fourth-order valence-corrected chi connectivity index (χ4v) is 3.36. The molecule has 3 rings (SSSR count). The van der Waals surface area contributed by atoms with Gasteiger partial charge in [-0.05, 0) is 26.2 Å². The van der Waals surface area contributed by atoms with Gasteiger partial charge in [0.15, 0.2) is 5.41 Å². The van der Waals surface area contributed by atoms with Crippen LogP contribution in [0, 0.1) is 17.3 Å². The Hall–Kier alpha value is 0.362. The van der Waals surface area contributed by atoms with Crippen LogP contribution in [0.1, 0.15) is 64.7 Å². The smallest absolute Gasteiger partial charge is 0.693 e. The van der Waals surface area contributed by atoms with E-state index in [4.69, 9.17) is 97.0 Å². The first-order valence-corrected chi connectivity index (χ1v) is 19.1. The molecule has 24 N–H and O–H groups in total. The molecule has 31 heteroatoms. The number of carboxylic acids is 6. The van der Waals surface area contributed by atoms with E-state index < -0.39 is 70.4 Å². The molecule has 0 bridgehead atoms. The summed E-state index contributed by atoms with van der Waals surface area (Å²) in [5, 5.41) is 62.5. The Labute approximate surface area is 401 Å². The van der Waals surface area contributed by atoms with E-state index in [-0.39, 0.29) is 146 Å². The second kappa shape index (κ2) is 59.7. The second-order valence-electron chi connectivity index (χ2n) is 9.77. The molecule has 0 aromatic heterocycles. The van der Waals surface area contributed by atoms with Crippen LogP contribution in [0.2, 0.25) is 0 Å². The number of rotatable bonds is 6. The molecule has 3 saturated carbocycles. The third kappa shape index (κ3) is 52.4. The van der Waals surface area contributed by atoms with Crippen LogP contribution in [0.3, 0.4) is 0 Å². The Kier molecular flexibility index (Phi) is 103. The number of halogens is 2. The number of carbonyl (C=O) groups is 6. The molecule has 3 aliphatic rings. The maximum Gasteiger partial charge on any atom is 2.00 e. The topological polar surface area (TPSA) is 560 Å². The molecule has 354 valence electrons. The summed E-state index contributed by atoms with van der Waals surface area (Å²) in [6, 6.07) is -0.160. The van der Waals surface area contributed by atoms with Crippen molar-refractivity contribution in [3.05, 3.63) is 59.8 Å². The Morgan fingerprint density at radius 2 is 0.875 bits per heavy atom. The van der Waals surface area contributed by atoms with E-state index in [0.717, 1.165) is 12.8 Å². The summed E-state index contributed by atoms with van der Waals surface area (Å²) in [5.74, 6) is -7.28. The fourth-order valence-electron chi connectivity index (χ4n) is 3.36. The van der Waals surface area contributed by atoms with Gasteiger partial charge in [0.1, 0.15) is 12.7 Å². The maximum absolute atomic E-state index is 10.4. The summed E-state index contributed by atoms with van der Waals surface area (Å²) in [7, 11) is 9.75. The molecule has 0 heterocycles. The molecule has 0 aromatic carbocycles. The van der Waals surface area contributed by atoms with Crippen LogP contribution in [-0.4, -0.2) is 115 Å². The molecule has 5 atom stereocenters. The van der Waals surface area contributed by atoms with Crippen LogP contribution in [0.25, 0.3) is 59.8 Å². The van der Waals surface area contributed by atoms with Gasteiger partial charge in [-0.3, -0.25) is 9.59 Å². The number of hydrogen-bond acceptors (Lipinski definition) is 8. The van der Waals surface area contributed by atoms with Crippen molar-refractivity contribution in [2.75, 3.05) is 19.7 Å². The van der Waals surface area contributed by atoms with E-state index in [1.54, 1.807) is 0 Å². The van der Waals surface area contributed by atoms with Crippen molar-refractivity contribution in [2.24, 2.45) is 17.3 Å². The Morgan fingerprint density at radius 3 is 0.929 bits per heavy atom. The number of nitrogens with two attached hydrogens (primary N) is 6. The van der Waals surface area contributed by atoms with Crippen LogP contribution < -0.4 is 0 Å². The molecule has 0 spiro atoms. The molecule has 56 heavy (non-hydrogen) atoms. The third-order valence-corrected chi connectivity index (χ3v) is 6.57. The van der Waals surface area contributed by atoms with Gasteiger partial charge in [0.05, 0.1) is 0 Å². The SMILES string of the molecule is CC(O)C(=O)O.O=C(O)C(=O)O.O=C(O)C1(C(=O)O)CCC1.O=C(O)CO.[Cl][Pt+2][Cl].[NH-]CC1CCC1C[NH-].[NH-][C@@H]1CCCC[C@H]1[NH-].[NH2-].[NH2-].[NH2-].[NH2-].[NH2-].[NH2-].[Pt+2].[Pt+2].[Pt+2].[Pt+2]. The first-order chi connectivity index (χ1) is 21.2. The first kappa shape index (κ1) is 96.3. The summed E-state index contributed by atoms with van der Waals surface area (Å²) >= 11 is -0.472. The van der Waals surface area contributed by atoms with Crippen molar-refractivity contribution in [2.45, 2.75) is 82.9 Å². The molecule has 3 fully saturated rings. The fraction of sp³-hybridized carbons (Fsp3) is 0.760. The first-order valence-electron chi connectivity index (χ1n) is 13.5. The van der Waals surface area contributed by atoms with Gasteiger partial charge in [0.2, 0.25) is 0 Å². The van der Waals surface area contributed by atoms with Gasteiger partial charge in [-0.1, -0.05) is 50.4 Å². The number of aliphatic carboxylic acids is 6. The average molecular weight is 1770 g/mol. The van der Waals surface area contributed by atoms with Crippen molar-refractivity contribution >= 4 is 54.7 Å². The predicted octanol–water partition coefficient (Wildman–Crippen LogP) is 8.18. The number of aliphatic hydroxyl groups is 2. The molecule has 0 amide bonds. The largest absolute Gasteiger partial charge is 2.00 e. The monoisotopic (exact) mass is 1770 g/mol. The van der Waals surface area contributed by atoms with E-state index in [0.29, 0.717) is 31.3 Å². The van der Waals surface area contributed by atoms with Crippen molar-refractivity contribution in [1.29, 1.82) is 0 Å². The number of aliphatic hydroxyl groups excluding tert-OH is 2. The summed E-state index contributed by atoms with van der Waals surface area (Å²) in [4.78, 5) is 57.5. The van der Waals surface area contributed by atoms with Gasteiger partial charge in [0.25, 0.3) is 0 Å². The maximum atomic E-state index is 10.4. The summed E-state index contributed by atoms with van der Waals surface area (Å²) in [5.41, 5.74) is 27.2. The van der Waals surface area contributed by atoms with Gasteiger partial charge in [0, 0.05) is 0 Å². The van der Waals surface area contributed by atoms with E-state index >= 15 is 0 Å². The zero-order chi connectivity index (χ0) is 37.0.